The van der Waals surface area contributed by atoms with Crippen LogP contribution >= 0.6 is 15.9 Å². The third-order valence-corrected chi connectivity index (χ3v) is 3.31. The van der Waals surface area contributed by atoms with E-state index in [2.05, 4.69) is 15.9 Å². The molecule has 0 saturated heterocycles. The fourth-order valence-corrected chi connectivity index (χ4v) is 2.17. The van der Waals surface area contributed by atoms with Gasteiger partial charge >= 0.3 is 0 Å². The summed E-state index contributed by atoms with van der Waals surface area (Å²) >= 11 is 3.15. The Kier molecular flexibility index (Phi) is 4.27. The Morgan fingerprint density at radius 1 is 1.00 bits per heavy atom. The van der Waals surface area contributed by atoms with Crippen molar-refractivity contribution in [2.45, 2.75) is 12.5 Å². The van der Waals surface area contributed by atoms with Crippen molar-refractivity contribution < 1.29 is 13.2 Å². The first-order valence-electron chi connectivity index (χ1n) is 5.62. The number of hydrogen-bond acceptors (Lipinski definition) is 1. The van der Waals surface area contributed by atoms with Gasteiger partial charge < -0.3 is 5.73 Å². The maximum atomic E-state index is 13.7. The number of halogens is 4. The van der Waals surface area contributed by atoms with E-state index in [1.165, 1.54) is 12.1 Å². The molecule has 0 heterocycles. The van der Waals surface area contributed by atoms with Gasteiger partial charge in [-0.05, 0) is 30.2 Å². The maximum absolute atomic E-state index is 13.7. The second-order valence-electron chi connectivity index (χ2n) is 4.21. The Labute approximate surface area is 117 Å². The molecule has 0 saturated carbocycles. The molecule has 0 fully saturated rings. The van der Waals surface area contributed by atoms with Crippen LogP contribution in [0.15, 0.2) is 40.9 Å². The average molecular weight is 330 g/mol. The Bertz CT molecular complexity index is 601. The van der Waals surface area contributed by atoms with E-state index in [0.29, 0.717) is 10.0 Å². The summed E-state index contributed by atoms with van der Waals surface area (Å²) in [7, 11) is 0. The summed E-state index contributed by atoms with van der Waals surface area (Å²) in [5.74, 6) is -1.79. The van der Waals surface area contributed by atoms with Crippen molar-refractivity contribution in [1.82, 2.24) is 0 Å². The molecule has 1 nitrogen and oxygen atoms in total. The van der Waals surface area contributed by atoms with E-state index >= 15 is 0 Å². The van der Waals surface area contributed by atoms with Crippen LogP contribution in [0.25, 0.3) is 0 Å². The molecule has 0 amide bonds. The molecule has 0 aromatic heterocycles. The topological polar surface area (TPSA) is 26.0 Å². The van der Waals surface area contributed by atoms with E-state index in [1.807, 2.05) is 0 Å². The SMILES string of the molecule is NC(Cc1ccc(Br)cc1F)c1ccc(F)cc1F. The molecule has 1 unspecified atom stereocenters. The molecule has 1 atom stereocenters. The highest BCUT2D eigenvalue weighted by molar-refractivity contribution is 9.10. The fraction of sp³-hybridized carbons (Fsp3) is 0.143. The van der Waals surface area contributed by atoms with Crippen molar-refractivity contribution in [1.29, 1.82) is 0 Å². The van der Waals surface area contributed by atoms with Gasteiger partial charge in [-0.1, -0.05) is 28.1 Å². The fourth-order valence-electron chi connectivity index (χ4n) is 1.84. The number of benzene rings is 2. The predicted molar refractivity (Wildman–Crippen MR) is 71.1 cm³/mol. The molecule has 5 heteroatoms. The normalized spacial score (nSPS) is 12.5. The lowest BCUT2D eigenvalue weighted by molar-refractivity contribution is 0.546. The largest absolute Gasteiger partial charge is 0.324 e. The van der Waals surface area contributed by atoms with Crippen molar-refractivity contribution in [3.63, 3.8) is 0 Å². The molecule has 19 heavy (non-hydrogen) atoms. The lowest BCUT2D eigenvalue weighted by atomic mass is 9.99. The van der Waals surface area contributed by atoms with Gasteiger partial charge in [0.2, 0.25) is 0 Å². The predicted octanol–water partition coefficient (Wildman–Crippen LogP) is 4.11. The zero-order chi connectivity index (χ0) is 14.0. The second kappa shape index (κ2) is 5.75. The molecule has 0 aliphatic heterocycles. The first-order valence-corrected chi connectivity index (χ1v) is 6.41. The molecule has 2 N–H and O–H groups in total. The molecule has 0 spiro atoms. The monoisotopic (exact) mass is 329 g/mol. The van der Waals surface area contributed by atoms with Crippen LogP contribution in [0.1, 0.15) is 17.2 Å². The van der Waals surface area contributed by atoms with E-state index in [4.69, 9.17) is 5.73 Å². The van der Waals surface area contributed by atoms with Crippen molar-refractivity contribution in [3.05, 3.63) is 69.4 Å². The summed E-state index contributed by atoms with van der Waals surface area (Å²) < 4.78 is 40.6. The summed E-state index contributed by atoms with van der Waals surface area (Å²) in [6.07, 6.45) is 0.141. The third-order valence-electron chi connectivity index (χ3n) is 2.82. The molecule has 2 rings (SSSR count). The summed E-state index contributed by atoms with van der Waals surface area (Å²) in [5, 5.41) is 0. The van der Waals surface area contributed by atoms with Gasteiger partial charge in [-0.2, -0.15) is 0 Å². The van der Waals surface area contributed by atoms with Gasteiger partial charge in [0, 0.05) is 22.1 Å². The van der Waals surface area contributed by atoms with Crippen molar-refractivity contribution in [3.8, 4) is 0 Å². The molecule has 0 aliphatic rings. The summed E-state index contributed by atoms with van der Waals surface area (Å²) in [6, 6.07) is 7.06. The molecule has 100 valence electrons. The molecule has 2 aromatic carbocycles. The summed E-state index contributed by atoms with van der Waals surface area (Å²) in [4.78, 5) is 0. The smallest absolute Gasteiger partial charge is 0.130 e. The maximum Gasteiger partial charge on any atom is 0.130 e. The molecular formula is C14H11BrF3N. The Hall–Kier alpha value is -1.33. The highest BCUT2D eigenvalue weighted by Gasteiger charge is 2.15. The molecular weight excluding hydrogens is 319 g/mol. The lowest BCUT2D eigenvalue weighted by Crippen LogP contribution is -2.16. The van der Waals surface area contributed by atoms with Crippen LogP contribution in [-0.2, 0) is 6.42 Å². The molecule has 0 aliphatic carbocycles. The molecule has 0 bridgehead atoms. The van der Waals surface area contributed by atoms with Crippen molar-refractivity contribution in [2.75, 3.05) is 0 Å². The Morgan fingerprint density at radius 2 is 1.74 bits per heavy atom. The second-order valence-corrected chi connectivity index (χ2v) is 5.13. The number of rotatable bonds is 3. The van der Waals surface area contributed by atoms with Crippen LogP contribution < -0.4 is 5.73 Å². The minimum absolute atomic E-state index is 0.141. The van der Waals surface area contributed by atoms with E-state index in [0.717, 1.165) is 12.1 Å². The van der Waals surface area contributed by atoms with Crippen molar-refractivity contribution >= 4 is 15.9 Å². The van der Waals surface area contributed by atoms with Crippen LogP contribution in [0.5, 0.6) is 0 Å². The van der Waals surface area contributed by atoms with Gasteiger partial charge in [-0.15, -0.1) is 0 Å². The van der Waals surface area contributed by atoms with Crippen LogP contribution in [0.3, 0.4) is 0 Å². The third kappa shape index (κ3) is 3.36. The Balaban J connectivity index is 2.23. The van der Waals surface area contributed by atoms with Gasteiger partial charge in [-0.3, -0.25) is 0 Å². The number of hydrogen-bond donors (Lipinski definition) is 1. The first kappa shape index (κ1) is 14.1. The minimum atomic E-state index is -0.726. The summed E-state index contributed by atoms with van der Waals surface area (Å²) in [5.41, 5.74) is 6.40. The van der Waals surface area contributed by atoms with Crippen LogP contribution in [0.2, 0.25) is 0 Å². The Morgan fingerprint density at radius 3 is 2.37 bits per heavy atom. The van der Waals surface area contributed by atoms with Gasteiger partial charge in [0.1, 0.15) is 17.5 Å². The first-order chi connectivity index (χ1) is 8.97. The standard InChI is InChI=1S/C14H11BrF3N/c15-9-2-1-8(12(17)6-9)5-14(19)11-4-3-10(16)7-13(11)18/h1-4,6-7,14H,5,19H2. The van der Waals surface area contributed by atoms with Crippen LogP contribution in [0, 0.1) is 17.5 Å². The van der Waals surface area contributed by atoms with E-state index in [1.54, 1.807) is 12.1 Å². The average Bonchev–Trinajstić information content (AvgIpc) is 2.32. The van der Waals surface area contributed by atoms with E-state index in [-0.39, 0.29) is 12.0 Å². The molecule has 0 radical (unpaired) electrons. The van der Waals surface area contributed by atoms with Crippen LogP contribution in [-0.4, -0.2) is 0 Å². The van der Waals surface area contributed by atoms with Crippen LogP contribution in [0.4, 0.5) is 13.2 Å². The van der Waals surface area contributed by atoms with Gasteiger partial charge in [0.15, 0.2) is 0 Å². The minimum Gasteiger partial charge on any atom is -0.324 e. The highest BCUT2D eigenvalue weighted by Crippen LogP contribution is 2.23. The lowest BCUT2D eigenvalue weighted by Gasteiger charge is -2.14. The van der Waals surface area contributed by atoms with E-state index < -0.39 is 23.5 Å². The zero-order valence-corrected chi connectivity index (χ0v) is 11.4. The highest BCUT2D eigenvalue weighted by atomic mass is 79.9. The van der Waals surface area contributed by atoms with E-state index in [9.17, 15) is 13.2 Å². The summed E-state index contributed by atoms with van der Waals surface area (Å²) in [6.45, 7) is 0. The van der Waals surface area contributed by atoms with Gasteiger partial charge in [-0.25, -0.2) is 13.2 Å². The number of nitrogens with two attached hydrogens (primary N) is 1. The van der Waals surface area contributed by atoms with Gasteiger partial charge in [0.25, 0.3) is 0 Å². The van der Waals surface area contributed by atoms with Gasteiger partial charge in [0.05, 0.1) is 0 Å². The molecule has 2 aromatic rings. The zero-order valence-electron chi connectivity index (χ0n) is 9.84. The van der Waals surface area contributed by atoms with Crippen molar-refractivity contribution in [2.24, 2.45) is 5.73 Å². The quantitative estimate of drug-likeness (QED) is 0.901.